The summed E-state index contributed by atoms with van der Waals surface area (Å²) in [6, 6.07) is 11.4. The smallest absolute Gasteiger partial charge is 0.276 e. The predicted octanol–water partition coefficient (Wildman–Crippen LogP) is 4.96. The van der Waals surface area contributed by atoms with Crippen molar-refractivity contribution in [2.45, 2.75) is 20.5 Å². The zero-order valence-electron chi connectivity index (χ0n) is 14.9. The van der Waals surface area contributed by atoms with Gasteiger partial charge in [0.05, 0.1) is 10.0 Å². The summed E-state index contributed by atoms with van der Waals surface area (Å²) >= 11 is 17.9. The van der Waals surface area contributed by atoms with E-state index in [0.29, 0.717) is 45.3 Å². The predicted molar refractivity (Wildman–Crippen MR) is 113 cm³/mol. The molecule has 1 aliphatic rings. The monoisotopic (exact) mass is 420 g/mol. The second-order valence-electron chi connectivity index (χ2n) is 6.13. The van der Waals surface area contributed by atoms with Crippen molar-refractivity contribution >= 4 is 52.5 Å². The van der Waals surface area contributed by atoms with E-state index in [9.17, 15) is 4.79 Å². The molecule has 0 saturated carbocycles. The molecule has 2 aromatic rings. The quantitative estimate of drug-likeness (QED) is 0.548. The normalized spacial score (nSPS) is 15.4. The maximum absolute atomic E-state index is 12.3. The van der Waals surface area contributed by atoms with Crippen LogP contribution in [0.5, 0.6) is 5.75 Å². The first-order valence-corrected chi connectivity index (χ1v) is 9.57. The molecule has 7 heteroatoms. The van der Waals surface area contributed by atoms with Crippen LogP contribution in [0.25, 0.3) is 6.08 Å². The fourth-order valence-electron chi connectivity index (χ4n) is 2.67. The molecular weight excluding hydrogens is 403 g/mol. The van der Waals surface area contributed by atoms with E-state index in [1.165, 1.54) is 10.5 Å². The molecule has 0 radical (unpaired) electrons. The van der Waals surface area contributed by atoms with Gasteiger partial charge in [-0.2, -0.15) is 0 Å². The Morgan fingerprint density at radius 2 is 1.81 bits per heavy atom. The van der Waals surface area contributed by atoms with Crippen LogP contribution in [0.2, 0.25) is 10.0 Å². The third-order valence-corrected chi connectivity index (χ3v) is 5.00. The SMILES string of the molecule is CCN1C(=O)/C(=C/c2cc(Cl)c(OCc3ccc(C)cc3)c(Cl)c2)NC1=S. The minimum atomic E-state index is -0.172. The van der Waals surface area contributed by atoms with Crippen molar-refractivity contribution in [2.75, 3.05) is 6.54 Å². The van der Waals surface area contributed by atoms with E-state index in [-0.39, 0.29) is 5.91 Å². The molecule has 4 nitrogen and oxygen atoms in total. The fraction of sp³-hybridized carbons (Fsp3) is 0.200. The third kappa shape index (κ3) is 4.43. The van der Waals surface area contributed by atoms with Crippen molar-refractivity contribution in [1.29, 1.82) is 0 Å². The van der Waals surface area contributed by atoms with E-state index in [4.69, 9.17) is 40.2 Å². The highest BCUT2D eigenvalue weighted by Gasteiger charge is 2.29. The largest absolute Gasteiger partial charge is 0.486 e. The number of thiocarbonyl (C=S) groups is 1. The lowest BCUT2D eigenvalue weighted by atomic mass is 10.1. The lowest BCUT2D eigenvalue weighted by molar-refractivity contribution is -0.122. The van der Waals surface area contributed by atoms with E-state index in [1.807, 2.05) is 38.1 Å². The Balaban J connectivity index is 1.79. The van der Waals surface area contributed by atoms with Crippen LogP contribution in [-0.2, 0) is 11.4 Å². The van der Waals surface area contributed by atoms with Crippen LogP contribution in [0.1, 0.15) is 23.6 Å². The Labute approximate surface area is 173 Å². The molecule has 0 aromatic heterocycles. The second kappa shape index (κ2) is 8.30. The summed E-state index contributed by atoms with van der Waals surface area (Å²) in [7, 11) is 0. The van der Waals surface area contributed by atoms with Gasteiger partial charge in [0.15, 0.2) is 10.9 Å². The van der Waals surface area contributed by atoms with Gasteiger partial charge in [-0.25, -0.2) is 0 Å². The van der Waals surface area contributed by atoms with E-state index in [0.717, 1.165) is 5.56 Å². The van der Waals surface area contributed by atoms with Gasteiger partial charge in [-0.05, 0) is 55.4 Å². The highest BCUT2D eigenvalue weighted by molar-refractivity contribution is 7.80. The van der Waals surface area contributed by atoms with Crippen molar-refractivity contribution in [1.82, 2.24) is 10.2 Å². The van der Waals surface area contributed by atoms with E-state index >= 15 is 0 Å². The topological polar surface area (TPSA) is 41.6 Å². The summed E-state index contributed by atoms with van der Waals surface area (Å²) in [6.07, 6.45) is 1.67. The van der Waals surface area contributed by atoms with Crippen LogP contribution in [-0.4, -0.2) is 22.5 Å². The van der Waals surface area contributed by atoms with Crippen LogP contribution in [0.15, 0.2) is 42.1 Å². The van der Waals surface area contributed by atoms with Crippen LogP contribution in [0, 0.1) is 6.92 Å². The molecule has 0 unspecified atom stereocenters. The zero-order valence-corrected chi connectivity index (χ0v) is 17.2. The van der Waals surface area contributed by atoms with Gasteiger partial charge < -0.3 is 10.1 Å². The minimum absolute atomic E-state index is 0.172. The van der Waals surface area contributed by atoms with Gasteiger partial charge in [-0.1, -0.05) is 53.0 Å². The maximum Gasteiger partial charge on any atom is 0.276 e. The summed E-state index contributed by atoms with van der Waals surface area (Å²) in [5, 5.41) is 4.06. The highest BCUT2D eigenvalue weighted by atomic mass is 35.5. The Kier molecular flexibility index (Phi) is 6.05. The molecule has 2 aromatic carbocycles. The van der Waals surface area contributed by atoms with Crippen molar-refractivity contribution in [3.05, 3.63) is 68.8 Å². The molecule has 27 heavy (non-hydrogen) atoms. The van der Waals surface area contributed by atoms with Gasteiger partial charge in [0.2, 0.25) is 0 Å². The number of hydrogen-bond acceptors (Lipinski definition) is 3. The molecular formula is C20H18Cl2N2O2S. The number of hydrogen-bond donors (Lipinski definition) is 1. The van der Waals surface area contributed by atoms with Gasteiger partial charge in [-0.3, -0.25) is 9.69 Å². The number of nitrogens with zero attached hydrogens (tertiary/aromatic N) is 1. The average Bonchev–Trinajstić information content (AvgIpc) is 2.88. The van der Waals surface area contributed by atoms with Gasteiger partial charge in [0, 0.05) is 6.54 Å². The summed E-state index contributed by atoms with van der Waals surface area (Å²) < 4.78 is 5.79. The van der Waals surface area contributed by atoms with Gasteiger partial charge in [0.1, 0.15) is 12.3 Å². The average molecular weight is 421 g/mol. The number of benzene rings is 2. The van der Waals surface area contributed by atoms with E-state index < -0.39 is 0 Å². The van der Waals surface area contributed by atoms with E-state index in [1.54, 1.807) is 18.2 Å². The number of likely N-dealkylation sites (N-methyl/N-ethyl adjacent to an activating group) is 1. The molecule has 0 bridgehead atoms. The number of rotatable bonds is 5. The lowest BCUT2D eigenvalue weighted by Crippen LogP contribution is -2.30. The fourth-order valence-corrected chi connectivity index (χ4v) is 3.60. The molecule has 1 N–H and O–H groups in total. The van der Waals surface area contributed by atoms with Crippen molar-refractivity contribution in [3.8, 4) is 5.75 Å². The first-order valence-electron chi connectivity index (χ1n) is 8.41. The van der Waals surface area contributed by atoms with Crippen molar-refractivity contribution in [3.63, 3.8) is 0 Å². The number of carbonyl (C=O) groups excluding carboxylic acids is 1. The molecule has 3 rings (SSSR count). The summed E-state index contributed by atoms with van der Waals surface area (Å²) in [5.41, 5.74) is 3.28. The summed E-state index contributed by atoms with van der Waals surface area (Å²) in [6.45, 7) is 4.76. The Morgan fingerprint density at radius 3 is 2.37 bits per heavy atom. The van der Waals surface area contributed by atoms with Crippen LogP contribution < -0.4 is 10.1 Å². The van der Waals surface area contributed by atoms with Crippen molar-refractivity contribution < 1.29 is 9.53 Å². The standard InChI is InChI=1S/C20H18Cl2N2O2S/c1-3-24-19(25)17(23-20(24)27)10-14-8-15(21)18(16(22)9-14)26-11-13-6-4-12(2)5-7-13/h4-10H,3,11H2,1-2H3,(H,23,27)/b17-10-. The second-order valence-corrected chi connectivity index (χ2v) is 7.33. The number of nitrogens with one attached hydrogen (secondary N) is 1. The van der Waals surface area contributed by atoms with Crippen LogP contribution >= 0.6 is 35.4 Å². The molecule has 1 heterocycles. The van der Waals surface area contributed by atoms with Gasteiger partial charge in [-0.15, -0.1) is 0 Å². The number of carbonyl (C=O) groups is 1. The Hall–Kier alpha value is -2.08. The first kappa shape index (κ1) is 19.7. The molecule has 1 fully saturated rings. The molecule has 0 spiro atoms. The number of ether oxygens (including phenoxy) is 1. The summed E-state index contributed by atoms with van der Waals surface area (Å²) in [4.78, 5) is 13.8. The Bertz CT molecular complexity index is 903. The molecule has 0 aliphatic carbocycles. The highest BCUT2D eigenvalue weighted by Crippen LogP contribution is 2.35. The Morgan fingerprint density at radius 1 is 1.19 bits per heavy atom. The van der Waals surface area contributed by atoms with Crippen LogP contribution in [0.4, 0.5) is 0 Å². The number of aryl methyl sites for hydroxylation is 1. The zero-order chi connectivity index (χ0) is 19.6. The van der Waals surface area contributed by atoms with Crippen LogP contribution in [0.3, 0.4) is 0 Å². The van der Waals surface area contributed by atoms with E-state index in [2.05, 4.69) is 5.32 Å². The van der Waals surface area contributed by atoms with Crippen molar-refractivity contribution in [2.24, 2.45) is 0 Å². The van der Waals surface area contributed by atoms with Gasteiger partial charge >= 0.3 is 0 Å². The molecule has 140 valence electrons. The maximum atomic E-state index is 12.3. The molecule has 1 amide bonds. The van der Waals surface area contributed by atoms with Gasteiger partial charge in [0.25, 0.3) is 5.91 Å². The molecule has 0 atom stereocenters. The number of amides is 1. The first-order chi connectivity index (χ1) is 12.9. The molecule has 1 saturated heterocycles. The lowest BCUT2D eigenvalue weighted by Gasteiger charge is -2.11. The molecule has 1 aliphatic heterocycles. The third-order valence-electron chi connectivity index (χ3n) is 4.11. The summed E-state index contributed by atoms with van der Waals surface area (Å²) in [5.74, 6) is 0.243. The number of halogens is 2. The minimum Gasteiger partial charge on any atom is -0.486 e.